The highest BCUT2D eigenvalue weighted by atomic mass is 35.5. The topological polar surface area (TPSA) is 82.2 Å². The van der Waals surface area contributed by atoms with Gasteiger partial charge in [0, 0.05) is 0 Å². The molecule has 2 aromatic carbocycles. The van der Waals surface area contributed by atoms with Crippen molar-refractivity contribution in [3.63, 3.8) is 0 Å². The van der Waals surface area contributed by atoms with E-state index in [1.54, 1.807) is 10.7 Å². The third-order valence-electron chi connectivity index (χ3n) is 4.36. The fourth-order valence-electron chi connectivity index (χ4n) is 2.79. The summed E-state index contributed by atoms with van der Waals surface area (Å²) in [6.07, 6.45) is 1.53. The van der Waals surface area contributed by atoms with E-state index in [1.165, 1.54) is 12.4 Å². The molecule has 0 saturated carbocycles. The molecule has 0 bridgehead atoms. The van der Waals surface area contributed by atoms with Crippen LogP contribution in [0.5, 0.6) is 5.75 Å². The summed E-state index contributed by atoms with van der Waals surface area (Å²) in [5.74, 6) is 0.0456. The molecule has 0 atom stereocenters. The van der Waals surface area contributed by atoms with Crippen molar-refractivity contribution in [2.75, 3.05) is 5.32 Å². The Morgan fingerprint density at radius 1 is 0.939 bits per heavy atom. The molecule has 12 heteroatoms. The predicted octanol–water partition coefficient (Wildman–Crippen LogP) is 7.02. The number of aromatic nitrogens is 3. The van der Waals surface area contributed by atoms with Crippen molar-refractivity contribution >= 4 is 69.9 Å². The molecule has 4 rings (SSSR count). The number of furan rings is 1. The SMILES string of the molecule is O=C(Nc1ncn(Cc2ccccc2)n1)c1ccc(COc2c(Cl)c(Cl)c(Cl)c(Cl)c2Cl)o1. The van der Waals surface area contributed by atoms with E-state index in [0.29, 0.717) is 12.3 Å². The maximum atomic E-state index is 12.5. The van der Waals surface area contributed by atoms with Gasteiger partial charge in [-0.15, -0.1) is 5.10 Å². The van der Waals surface area contributed by atoms with Crippen LogP contribution in [-0.4, -0.2) is 20.7 Å². The number of benzene rings is 2. The molecule has 4 aromatic rings. The normalized spacial score (nSPS) is 10.9. The summed E-state index contributed by atoms with van der Waals surface area (Å²) in [7, 11) is 0. The zero-order valence-electron chi connectivity index (χ0n) is 16.5. The third kappa shape index (κ3) is 5.39. The molecule has 7 nitrogen and oxygen atoms in total. The van der Waals surface area contributed by atoms with Gasteiger partial charge in [0.05, 0.1) is 21.6 Å². The molecule has 0 saturated heterocycles. The minimum absolute atomic E-state index is 0.0118. The van der Waals surface area contributed by atoms with Crippen LogP contribution < -0.4 is 10.1 Å². The monoisotopic (exact) mass is 544 g/mol. The zero-order valence-corrected chi connectivity index (χ0v) is 20.3. The van der Waals surface area contributed by atoms with Crippen LogP contribution in [0.4, 0.5) is 5.95 Å². The maximum absolute atomic E-state index is 12.5. The molecule has 170 valence electrons. The van der Waals surface area contributed by atoms with Gasteiger partial charge in [0.2, 0.25) is 5.95 Å². The highest BCUT2D eigenvalue weighted by Gasteiger charge is 2.21. The number of hydrogen-bond acceptors (Lipinski definition) is 5. The first kappa shape index (κ1) is 23.7. The van der Waals surface area contributed by atoms with Crippen molar-refractivity contribution in [3.8, 4) is 5.75 Å². The molecule has 0 aliphatic carbocycles. The molecule has 0 unspecified atom stereocenters. The molecule has 1 amide bonds. The molecule has 0 aliphatic heterocycles. The van der Waals surface area contributed by atoms with Crippen LogP contribution in [0.2, 0.25) is 25.1 Å². The minimum atomic E-state index is -0.521. The van der Waals surface area contributed by atoms with E-state index in [9.17, 15) is 4.79 Å². The van der Waals surface area contributed by atoms with Gasteiger partial charge in [0.1, 0.15) is 28.7 Å². The van der Waals surface area contributed by atoms with E-state index in [1.807, 2.05) is 30.3 Å². The van der Waals surface area contributed by atoms with E-state index in [2.05, 4.69) is 15.4 Å². The summed E-state index contributed by atoms with van der Waals surface area (Å²) in [5, 5.41) is 6.90. The first-order chi connectivity index (χ1) is 15.8. The Kier molecular flexibility index (Phi) is 7.36. The Hall–Kier alpha value is -2.42. The van der Waals surface area contributed by atoms with Crippen molar-refractivity contribution in [2.24, 2.45) is 0 Å². The molecule has 2 aromatic heterocycles. The predicted molar refractivity (Wildman–Crippen MR) is 128 cm³/mol. The summed E-state index contributed by atoms with van der Waals surface area (Å²) < 4.78 is 12.7. The molecule has 1 N–H and O–H groups in total. The molecule has 0 aliphatic rings. The van der Waals surface area contributed by atoms with Crippen LogP contribution in [0.15, 0.2) is 53.2 Å². The molecule has 2 heterocycles. The minimum Gasteiger partial charge on any atom is -0.482 e. The fourth-order valence-corrected chi connectivity index (χ4v) is 4.02. The maximum Gasteiger partial charge on any atom is 0.293 e. The number of halogens is 5. The summed E-state index contributed by atoms with van der Waals surface area (Å²) in [5.41, 5.74) is 1.06. The van der Waals surface area contributed by atoms with Crippen LogP contribution >= 0.6 is 58.0 Å². The van der Waals surface area contributed by atoms with Crippen LogP contribution in [0.1, 0.15) is 21.9 Å². The van der Waals surface area contributed by atoms with E-state index in [4.69, 9.17) is 67.2 Å². The Balaban J connectivity index is 1.39. The van der Waals surface area contributed by atoms with Gasteiger partial charge in [-0.2, -0.15) is 0 Å². The van der Waals surface area contributed by atoms with Gasteiger partial charge in [-0.1, -0.05) is 88.3 Å². The smallest absolute Gasteiger partial charge is 0.293 e. The van der Waals surface area contributed by atoms with Crippen molar-refractivity contribution in [2.45, 2.75) is 13.2 Å². The third-order valence-corrected chi connectivity index (χ3v) is 6.61. The highest BCUT2D eigenvalue weighted by molar-refractivity contribution is 6.55. The average Bonchev–Trinajstić information content (AvgIpc) is 3.47. The Morgan fingerprint density at radius 3 is 2.30 bits per heavy atom. The average molecular weight is 547 g/mol. The number of rotatable bonds is 7. The van der Waals surface area contributed by atoms with Gasteiger partial charge in [0.25, 0.3) is 5.91 Å². The van der Waals surface area contributed by atoms with Crippen molar-refractivity contribution < 1.29 is 13.9 Å². The number of hydrogen-bond donors (Lipinski definition) is 1. The summed E-state index contributed by atoms with van der Waals surface area (Å²) >= 11 is 30.3. The van der Waals surface area contributed by atoms with Crippen LogP contribution in [0.3, 0.4) is 0 Å². The number of nitrogens with one attached hydrogen (secondary N) is 1. The lowest BCUT2D eigenvalue weighted by atomic mass is 10.2. The summed E-state index contributed by atoms with van der Waals surface area (Å²) in [6, 6.07) is 12.8. The number of ether oxygens (including phenoxy) is 1. The van der Waals surface area contributed by atoms with Crippen molar-refractivity contribution in [1.82, 2.24) is 14.8 Å². The van der Waals surface area contributed by atoms with Gasteiger partial charge in [-0.3, -0.25) is 10.1 Å². The van der Waals surface area contributed by atoms with Crippen LogP contribution in [0, 0.1) is 0 Å². The number of nitrogens with zero attached hydrogens (tertiary/aromatic N) is 3. The number of amides is 1. The standard InChI is InChI=1S/C21H13Cl5N4O3/c22-14-15(23)17(25)19(18(26)16(14)24)32-9-12-6-7-13(33-12)20(31)28-21-27-10-30(29-21)8-11-4-2-1-3-5-11/h1-7,10H,8-9H2,(H,28,29,31). The van der Waals surface area contributed by atoms with Gasteiger partial charge < -0.3 is 9.15 Å². The van der Waals surface area contributed by atoms with Gasteiger partial charge in [-0.05, 0) is 17.7 Å². The zero-order chi connectivity index (χ0) is 23.5. The molecule has 0 spiro atoms. The number of carbonyl (C=O) groups excluding carboxylic acids is 1. The quantitative estimate of drug-likeness (QED) is 0.199. The lowest BCUT2D eigenvalue weighted by Gasteiger charge is -2.12. The van der Waals surface area contributed by atoms with E-state index >= 15 is 0 Å². The van der Waals surface area contributed by atoms with E-state index < -0.39 is 5.91 Å². The van der Waals surface area contributed by atoms with Crippen LogP contribution in [0.25, 0.3) is 0 Å². The van der Waals surface area contributed by atoms with Crippen LogP contribution in [-0.2, 0) is 13.2 Å². The molecular formula is C21H13Cl5N4O3. The molecule has 0 fully saturated rings. The van der Waals surface area contributed by atoms with Gasteiger partial charge >= 0.3 is 0 Å². The number of carbonyl (C=O) groups is 1. The van der Waals surface area contributed by atoms with E-state index in [0.717, 1.165) is 5.56 Å². The lowest BCUT2D eigenvalue weighted by Crippen LogP contribution is -2.12. The second-order valence-corrected chi connectivity index (χ2v) is 8.55. The summed E-state index contributed by atoms with van der Waals surface area (Å²) in [6.45, 7) is 0.431. The Morgan fingerprint density at radius 2 is 1.61 bits per heavy atom. The van der Waals surface area contributed by atoms with E-state index in [-0.39, 0.29) is 49.2 Å². The Labute approximate surface area is 213 Å². The Bertz CT molecular complexity index is 1280. The van der Waals surface area contributed by atoms with Crippen molar-refractivity contribution in [3.05, 3.63) is 91.0 Å². The second kappa shape index (κ2) is 10.2. The van der Waals surface area contributed by atoms with Gasteiger partial charge in [0.15, 0.2) is 11.5 Å². The molecular weight excluding hydrogens is 534 g/mol. The fraction of sp³-hybridized carbons (Fsp3) is 0.0952. The largest absolute Gasteiger partial charge is 0.482 e. The summed E-state index contributed by atoms with van der Waals surface area (Å²) in [4.78, 5) is 16.6. The second-order valence-electron chi connectivity index (χ2n) is 6.66. The lowest BCUT2D eigenvalue weighted by molar-refractivity contribution is 0.0991. The first-order valence-corrected chi connectivity index (χ1v) is 11.2. The van der Waals surface area contributed by atoms with Gasteiger partial charge in [-0.25, -0.2) is 9.67 Å². The number of anilines is 1. The molecule has 33 heavy (non-hydrogen) atoms. The molecule has 0 radical (unpaired) electrons. The highest BCUT2D eigenvalue weighted by Crippen LogP contribution is 2.48. The first-order valence-electron chi connectivity index (χ1n) is 9.31. The van der Waals surface area contributed by atoms with Crippen molar-refractivity contribution in [1.29, 1.82) is 0 Å².